The predicted octanol–water partition coefficient (Wildman–Crippen LogP) is 0.371. The van der Waals surface area contributed by atoms with Crippen LogP contribution >= 0.6 is 0 Å². The molecule has 1 fully saturated rings. The largest absolute Gasteiger partial charge is 0.399 e. The average Bonchev–Trinajstić information content (AvgIpc) is 2.44. The normalized spacial score (nSPS) is 19.6. The number of ether oxygens (including phenoxy) is 1. The Hall–Kier alpha value is -1.79. The number of nitrogens with one attached hydrogen (secondary N) is 2. The van der Waals surface area contributed by atoms with Gasteiger partial charge in [-0.2, -0.15) is 0 Å². The molecule has 0 saturated carbocycles. The number of benzene rings is 1. The van der Waals surface area contributed by atoms with Gasteiger partial charge in [-0.3, -0.25) is 4.79 Å². The number of anilines is 2. The fraction of sp³-hybridized carbons (Fsp3) is 0.500. The lowest BCUT2D eigenvalue weighted by molar-refractivity contribution is -0.0117. The standard InChI is InChI=1S/C14H22N4O2/c1-16-14(19)12-4-3-10(15)7-13(12)17-8-11-9-18(2)5-6-20-11/h3-4,7,11,17H,5-6,8-9,15H2,1-2H3,(H,16,19). The molecule has 0 spiro atoms. The quantitative estimate of drug-likeness (QED) is 0.694. The van der Waals surface area contributed by atoms with E-state index in [0.717, 1.165) is 25.4 Å². The van der Waals surface area contributed by atoms with Crippen LogP contribution in [-0.4, -0.2) is 57.2 Å². The highest BCUT2D eigenvalue weighted by Crippen LogP contribution is 2.19. The fourth-order valence-electron chi connectivity index (χ4n) is 2.25. The molecule has 110 valence electrons. The first-order valence-electron chi connectivity index (χ1n) is 6.75. The number of nitrogens with zero attached hydrogens (tertiary/aromatic N) is 1. The van der Waals surface area contributed by atoms with E-state index in [1.54, 1.807) is 25.2 Å². The van der Waals surface area contributed by atoms with Gasteiger partial charge in [0.15, 0.2) is 0 Å². The molecule has 0 bridgehead atoms. The molecule has 1 aliphatic rings. The summed E-state index contributed by atoms with van der Waals surface area (Å²) in [6, 6.07) is 5.22. The van der Waals surface area contributed by atoms with Crippen LogP contribution in [0.25, 0.3) is 0 Å². The van der Waals surface area contributed by atoms with Gasteiger partial charge in [-0.25, -0.2) is 0 Å². The highest BCUT2D eigenvalue weighted by atomic mass is 16.5. The molecule has 20 heavy (non-hydrogen) atoms. The van der Waals surface area contributed by atoms with Crippen LogP contribution in [0.5, 0.6) is 0 Å². The van der Waals surface area contributed by atoms with Gasteiger partial charge in [-0.05, 0) is 25.2 Å². The second kappa shape index (κ2) is 6.58. The van der Waals surface area contributed by atoms with Crippen molar-refractivity contribution in [2.45, 2.75) is 6.10 Å². The highest BCUT2D eigenvalue weighted by Gasteiger charge is 2.18. The molecule has 0 aliphatic carbocycles. The molecule has 1 amide bonds. The number of likely N-dealkylation sites (N-methyl/N-ethyl adjacent to an activating group) is 1. The Morgan fingerprint density at radius 3 is 3.05 bits per heavy atom. The van der Waals surface area contributed by atoms with Crippen LogP contribution in [-0.2, 0) is 4.74 Å². The predicted molar refractivity (Wildman–Crippen MR) is 80.0 cm³/mol. The van der Waals surface area contributed by atoms with E-state index in [4.69, 9.17) is 10.5 Å². The first-order chi connectivity index (χ1) is 9.60. The minimum absolute atomic E-state index is 0.118. The number of nitrogens with two attached hydrogens (primary N) is 1. The van der Waals surface area contributed by atoms with Crippen molar-refractivity contribution in [2.24, 2.45) is 0 Å². The van der Waals surface area contributed by atoms with Crippen LogP contribution in [0, 0.1) is 0 Å². The van der Waals surface area contributed by atoms with E-state index in [-0.39, 0.29) is 12.0 Å². The second-order valence-electron chi connectivity index (χ2n) is 5.02. The molecule has 4 N–H and O–H groups in total. The second-order valence-corrected chi connectivity index (χ2v) is 5.02. The lowest BCUT2D eigenvalue weighted by Crippen LogP contribution is -2.43. The zero-order valence-corrected chi connectivity index (χ0v) is 12.0. The van der Waals surface area contributed by atoms with Gasteiger partial charge in [0.05, 0.1) is 18.3 Å². The molecule has 1 aliphatic heterocycles. The molecule has 1 unspecified atom stereocenters. The fourth-order valence-corrected chi connectivity index (χ4v) is 2.25. The zero-order chi connectivity index (χ0) is 14.5. The van der Waals surface area contributed by atoms with Gasteiger partial charge in [-0.1, -0.05) is 0 Å². The molecular formula is C14H22N4O2. The lowest BCUT2D eigenvalue weighted by Gasteiger charge is -2.30. The maximum Gasteiger partial charge on any atom is 0.253 e. The third kappa shape index (κ3) is 3.61. The molecule has 6 heteroatoms. The van der Waals surface area contributed by atoms with E-state index < -0.39 is 0 Å². The number of morpholine rings is 1. The Morgan fingerprint density at radius 2 is 2.35 bits per heavy atom. The summed E-state index contributed by atoms with van der Waals surface area (Å²) in [7, 11) is 3.69. The Morgan fingerprint density at radius 1 is 1.55 bits per heavy atom. The Bertz CT molecular complexity index is 478. The number of hydrogen-bond donors (Lipinski definition) is 3. The van der Waals surface area contributed by atoms with E-state index >= 15 is 0 Å². The number of amides is 1. The van der Waals surface area contributed by atoms with Crippen molar-refractivity contribution < 1.29 is 9.53 Å². The third-order valence-corrected chi connectivity index (χ3v) is 3.38. The van der Waals surface area contributed by atoms with Crippen LogP contribution in [0.1, 0.15) is 10.4 Å². The van der Waals surface area contributed by atoms with Gasteiger partial charge >= 0.3 is 0 Å². The molecule has 0 radical (unpaired) electrons. The van der Waals surface area contributed by atoms with E-state index in [9.17, 15) is 4.79 Å². The summed E-state index contributed by atoms with van der Waals surface area (Å²) in [6.07, 6.45) is 0.118. The number of hydrogen-bond acceptors (Lipinski definition) is 5. The first-order valence-corrected chi connectivity index (χ1v) is 6.75. The molecular weight excluding hydrogens is 256 g/mol. The molecule has 1 saturated heterocycles. The third-order valence-electron chi connectivity index (χ3n) is 3.38. The van der Waals surface area contributed by atoms with Crippen LogP contribution in [0.3, 0.4) is 0 Å². The van der Waals surface area contributed by atoms with Gasteiger partial charge in [0.2, 0.25) is 0 Å². The summed E-state index contributed by atoms with van der Waals surface area (Å²) < 4.78 is 5.69. The average molecular weight is 278 g/mol. The topological polar surface area (TPSA) is 79.6 Å². The lowest BCUT2D eigenvalue weighted by atomic mass is 10.1. The smallest absolute Gasteiger partial charge is 0.253 e. The summed E-state index contributed by atoms with van der Waals surface area (Å²) in [5, 5.41) is 5.89. The zero-order valence-electron chi connectivity index (χ0n) is 12.0. The molecule has 2 rings (SSSR count). The maximum atomic E-state index is 11.8. The molecule has 1 heterocycles. The Kier molecular flexibility index (Phi) is 4.81. The monoisotopic (exact) mass is 278 g/mol. The van der Waals surface area contributed by atoms with Gasteiger partial charge in [-0.15, -0.1) is 0 Å². The molecule has 1 atom stereocenters. The Balaban J connectivity index is 2.04. The van der Waals surface area contributed by atoms with Crippen molar-refractivity contribution in [1.29, 1.82) is 0 Å². The first kappa shape index (κ1) is 14.6. The van der Waals surface area contributed by atoms with Crippen LogP contribution in [0.2, 0.25) is 0 Å². The van der Waals surface area contributed by atoms with Crippen molar-refractivity contribution in [3.63, 3.8) is 0 Å². The summed E-state index contributed by atoms with van der Waals surface area (Å²) in [6.45, 7) is 3.22. The Labute approximate surface area is 119 Å². The number of nitrogen functional groups attached to an aromatic ring is 1. The summed E-state index contributed by atoms with van der Waals surface area (Å²) in [4.78, 5) is 14.0. The number of carbonyl (C=O) groups is 1. The van der Waals surface area contributed by atoms with Crippen molar-refractivity contribution in [2.75, 3.05) is 51.4 Å². The van der Waals surface area contributed by atoms with Crippen LogP contribution in [0.15, 0.2) is 18.2 Å². The van der Waals surface area contributed by atoms with Crippen molar-refractivity contribution in [1.82, 2.24) is 10.2 Å². The van der Waals surface area contributed by atoms with E-state index in [1.807, 2.05) is 0 Å². The van der Waals surface area contributed by atoms with Crippen molar-refractivity contribution in [3.05, 3.63) is 23.8 Å². The summed E-state index contributed by atoms with van der Waals surface area (Å²) in [5.74, 6) is -0.130. The van der Waals surface area contributed by atoms with Crippen molar-refractivity contribution in [3.8, 4) is 0 Å². The summed E-state index contributed by atoms with van der Waals surface area (Å²) in [5.41, 5.74) is 7.74. The number of carbonyl (C=O) groups excluding carboxylic acids is 1. The van der Waals surface area contributed by atoms with E-state index in [2.05, 4.69) is 22.6 Å². The van der Waals surface area contributed by atoms with Gasteiger partial charge in [0, 0.05) is 38.1 Å². The van der Waals surface area contributed by atoms with Gasteiger partial charge < -0.3 is 26.0 Å². The maximum absolute atomic E-state index is 11.8. The van der Waals surface area contributed by atoms with E-state index in [1.165, 1.54) is 0 Å². The highest BCUT2D eigenvalue weighted by molar-refractivity contribution is 6.00. The van der Waals surface area contributed by atoms with Crippen molar-refractivity contribution >= 4 is 17.3 Å². The summed E-state index contributed by atoms with van der Waals surface area (Å²) >= 11 is 0. The molecule has 6 nitrogen and oxygen atoms in total. The van der Waals surface area contributed by atoms with E-state index in [0.29, 0.717) is 17.8 Å². The SMILES string of the molecule is CNC(=O)c1ccc(N)cc1NCC1CN(C)CCO1. The molecule has 1 aromatic rings. The molecule has 1 aromatic carbocycles. The minimum Gasteiger partial charge on any atom is -0.399 e. The van der Waals surface area contributed by atoms with Crippen LogP contribution < -0.4 is 16.4 Å². The molecule has 0 aromatic heterocycles. The van der Waals surface area contributed by atoms with Gasteiger partial charge in [0.25, 0.3) is 5.91 Å². The minimum atomic E-state index is -0.130. The van der Waals surface area contributed by atoms with Crippen LogP contribution in [0.4, 0.5) is 11.4 Å². The number of rotatable bonds is 4. The van der Waals surface area contributed by atoms with Gasteiger partial charge in [0.1, 0.15) is 0 Å².